The second-order valence-electron chi connectivity index (χ2n) is 9.69. The van der Waals surface area contributed by atoms with Crippen molar-refractivity contribution in [2.75, 3.05) is 23.8 Å². The molecule has 1 amide bonds. The Hall–Kier alpha value is -3.92. The number of carbonyl (C=O) groups excluding carboxylic acids is 1. The van der Waals surface area contributed by atoms with Crippen molar-refractivity contribution >= 4 is 28.6 Å². The first-order valence-electron chi connectivity index (χ1n) is 12.1. The summed E-state index contributed by atoms with van der Waals surface area (Å²) in [4.78, 5) is 26.8. The summed E-state index contributed by atoms with van der Waals surface area (Å²) in [5.41, 5.74) is 1.54. The number of rotatable bonds is 6. The maximum atomic E-state index is 14.4. The lowest BCUT2D eigenvalue weighted by atomic mass is 9.87. The highest BCUT2D eigenvalue weighted by molar-refractivity contribution is 6.06. The fraction of sp³-hybridized carbons (Fsp3) is 0.346. The highest BCUT2D eigenvalue weighted by atomic mass is 19.1. The highest BCUT2D eigenvalue weighted by Gasteiger charge is 2.43. The van der Waals surface area contributed by atoms with Crippen molar-refractivity contribution in [3.63, 3.8) is 0 Å². The molecule has 6 rings (SSSR count). The number of halogens is 1. The van der Waals surface area contributed by atoms with Crippen LogP contribution < -0.4 is 10.6 Å². The molecule has 0 aliphatic carbocycles. The van der Waals surface area contributed by atoms with Gasteiger partial charge in [0, 0.05) is 24.9 Å². The van der Waals surface area contributed by atoms with Crippen molar-refractivity contribution in [1.29, 1.82) is 0 Å². The zero-order valence-electron chi connectivity index (χ0n) is 20.1. The van der Waals surface area contributed by atoms with Gasteiger partial charge in [-0.25, -0.2) is 24.0 Å². The molecule has 0 spiro atoms. The number of amides is 1. The molecule has 0 radical (unpaired) electrons. The molecule has 0 unspecified atom stereocenters. The van der Waals surface area contributed by atoms with Crippen molar-refractivity contribution in [2.24, 2.45) is 0 Å². The summed E-state index contributed by atoms with van der Waals surface area (Å²) >= 11 is 0. The van der Waals surface area contributed by atoms with E-state index in [0.717, 1.165) is 30.4 Å². The fourth-order valence-electron chi connectivity index (χ4n) is 4.84. The first kappa shape index (κ1) is 22.5. The topological polar surface area (TPSA) is 107 Å². The summed E-state index contributed by atoms with van der Waals surface area (Å²) in [6.45, 7) is 5.26. The molecule has 36 heavy (non-hydrogen) atoms. The van der Waals surface area contributed by atoms with Crippen molar-refractivity contribution in [2.45, 2.75) is 44.8 Å². The number of nitrogens with zero attached hydrogens (tertiary/aromatic N) is 5. The summed E-state index contributed by atoms with van der Waals surface area (Å²) in [5.74, 6) is 0.950. The molecule has 1 aromatic carbocycles. The van der Waals surface area contributed by atoms with E-state index in [-0.39, 0.29) is 24.4 Å². The van der Waals surface area contributed by atoms with Gasteiger partial charge in [-0.1, -0.05) is 18.2 Å². The van der Waals surface area contributed by atoms with Crippen LogP contribution in [0.25, 0.3) is 22.6 Å². The Labute approximate surface area is 207 Å². The van der Waals surface area contributed by atoms with Crippen LogP contribution in [0.5, 0.6) is 0 Å². The molecule has 1 saturated heterocycles. The van der Waals surface area contributed by atoms with E-state index in [9.17, 15) is 9.18 Å². The van der Waals surface area contributed by atoms with E-state index in [1.165, 1.54) is 6.07 Å². The zero-order chi connectivity index (χ0) is 24.9. The summed E-state index contributed by atoms with van der Waals surface area (Å²) in [6, 6.07) is 10.3. The molecule has 3 aromatic heterocycles. The predicted octanol–water partition coefficient (Wildman–Crippen LogP) is 3.90. The summed E-state index contributed by atoms with van der Waals surface area (Å²) in [5, 5.41) is 11.8. The van der Waals surface area contributed by atoms with Crippen LogP contribution in [0.2, 0.25) is 0 Å². The minimum absolute atomic E-state index is 0.0947. The van der Waals surface area contributed by atoms with Crippen molar-refractivity contribution in [3.8, 4) is 11.5 Å². The summed E-state index contributed by atoms with van der Waals surface area (Å²) in [6.07, 6.45) is 3.78. The molecule has 2 aliphatic rings. The molecule has 2 N–H and O–H groups in total. The molecule has 2 aliphatic heterocycles. The summed E-state index contributed by atoms with van der Waals surface area (Å²) in [7, 11) is 0. The minimum Gasteiger partial charge on any atom is -0.376 e. The smallest absolute Gasteiger partial charge is 0.235 e. The second kappa shape index (κ2) is 8.63. The Bertz CT molecular complexity index is 1480. The Kier molecular flexibility index (Phi) is 5.40. The van der Waals surface area contributed by atoms with Crippen molar-refractivity contribution in [3.05, 3.63) is 59.5 Å². The third-order valence-electron chi connectivity index (χ3n) is 6.85. The number of aromatic nitrogens is 5. The van der Waals surface area contributed by atoms with Gasteiger partial charge >= 0.3 is 0 Å². The Balaban J connectivity index is 1.45. The number of ether oxygens (including phenoxy) is 1. The molecule has 5 heterocycles. The van der Waals surface area contributed by atoms with Crippen molar-refractivity contribution in [1.82, 2.24) is 24.7 Å². The largest absolute Gasteiger partial charge is 0.376 e. The number of benzene rings is 1. The van der Waals surface area contributed by atoms with Crippen LogP contribution >= 0.6 is 0 Å². The number of carbonyl (C=O) groups is 1. The molecular formula is C26H26FN7O2. The van der Waals surface area contributed by atoms with Crippen LogP contribution in [0, 0.1) is 5.82 Å². The molecular weight excluding hydrogens is 461 g/mol. The van der Waals surface area contributed by atoms with E-state index in [2.05, 4.69) is 15.6 Å². The molecule has 184 valence electrons. The normalized spacial score (nSPS) is 18.4. The SMILES string of the molecule is CC1(C)C(=O)Nc2nc(-c3nn(Cc4ccccc4F)c4ncccc34)nc(NC[C@H]3CCCO3)c21. The average molecular weight is 488 g/mol. The maximum absolute atomic E-state index is 14.4. The number of fused-ring (bicyclic) bond motifs is 2. The Morgan fingerprint density at radius 3 is 2.89 bits per heavy atom. The van der Waals surface area contributed by atoms with E-state index in [0.29, 0.717) is 40.9 Å². The van der Waals surface area contributed by atoms with Crippen LogP contribution in [0.1, 0.15) is 37.8 Å². The van der Waals surface area contributed by atoms with Gasteiger partial charge in [-0.2, -0.15) is 5.10 Å². The third kappa shape index (κ3) is 3.78. The first-order valence-corrected chi connectivity index (χ1v) is 12.1. The molecule has 9 nitrogen and oxygen atoms in total. The van der Waals surface area contributed by atoms with Gasteiger partial charge in [0.05, 0.1) is 29.0 Å². The lowest BCUT2D eigenvalue weighted by molar-refractivity contribution is -0.119. The van der Waals surface area contributed by atoms with Gasteiger partial charge in [-0.05, 0) is 44.9 Å². The van der Waals surface area contributed by atoms with E-state index in [1.807, 2.05) is 26.0 Å². The van der Waals surface area contributed by atoms with Crippen molar-refractivity contribution < 1.29 is 13.9 Å². The molecule has 10 heteroatoms. The van der Waals surface area contributed by atoms with E-state index < -0.39 is 5.41 Å². The van der Waals surface area contributed by atoms with Crippen LogP contribution in [0.15, 0.2) is 42.6 Å². The number of hydrogen-bond acceptors (Lipinski definition) is 7. The van der Waals surface area contributed by atoms with Gasteiger partial charge in [0.1, 0.15) is 23.1 Å². The molecule has 4 aromatic rings. The molecule has 0 bridgehead atoms. The highest BCUT2D eigenvalue weighted by Crippen LogP contribution is 2.42. The number of nitrogens with one attached hydrogen (secondary N) is 2. The number of hydrogen-bond donors (Lipinski definition) is 2. The lowest BCUT2D eigenvalue weighted by Crippen LogP contribution is -2.28. The maximum Gasteiger partial charge on any atom is 0.235 e. The summed E-state index contributed by atoms with van der Waals surface area (Å²) < 4.78 is 21.8. The Morgan fingerprint density at radius 1 is 1.22 bits per heavy atom. The van der Waals surface area contributed by atoms with E-state index >= 15 is 0 Å². The monoisotopic (exact) mass is 487 g/mol. The standard InChI is InChI=1S/C26H26FN7O2/c1-26(2)19-21(29-13-16-8-6-12-36-16)30-23(31-22(19)32-25(26)35)20-17-9-5-11-28-24(17)34(33-20)14-15-7-3-4-10-18(15)27/h3-5,7,9-11,16H,6,8,12-14H2,1-2H3,(H2,29,30,31,32,35)/t16-/m1/s1. The lowest BCUT2D eigenvalue weighted by Gasteiger charge is -2.20. The fourth-order valence-corrected chi connectivity index (χ4v) is 4.84. The third-order valence-corrected chi connectivity index (χ3v) is 6.85. The van der Waals surface area contributed by atoms with Crippen LogP contribution in [-0.2, 0) is 21.5 Å². The Morgan fingerprint density at radius 2 is 2.08 bits per heavy atom. The number of anilines is 2. The van der Waals surface area contributed by atoms with E-state index in [1.54, 1.807) is 29.1 Å². The van der Waals surface area contributed by atoms with E-state index in [4.69, 9.17) is 19.8 Å². The van der Waals surface area contributed by atoms with Gasteiger partial charge in [0.25, 0.3) is 0 Å². The molecule has 0 saturated carbocycles. The van der Waals surface area contributed by atoms with Gasteiger partial charge < -0.3 is 15.4 Å². The second-order valence-corrected chi connectivity index (χ2v) is 9.69. The van der Waals surface area contributed by atoms with Gasteiger partial charge in [0.15, 0.2) is 11.5 Å². The minimum atomic E-state index is -0.791. The quantitative estimate of drug-likeness (QED) is 0.425. The average Bonchev–Trinajstić information content (AvgIpc) is 3.57. The van der Waals surface area contributed by atoms with Crippen LogP contribution in [0.3, 0.4) is 0 Å². The van der Waals surface area contributed by atoms with Gasteiger partial charge in [-0.3, -0.25) is 4.79 Å². The van der Waals surface area contributed by atoms with Crippen LogP contribution in [-0.4, -0.2) is 49.9 Å². The molecule has 1 fully saturated rings. The predicted molar refractivity (Wildman–Crippen MR) is 133 cm³/mol. The van der Waals surface area contributed by atoms with Crippen LogP contribution in [0.4, 0.5) is 16.0 Å². The molecule has 1 atom stereocenters. The zero-order valence-corrected chi connectivity index (χ0v) is 20.1. The first-order chi connectivity index (χ1) is 17.4. The number of pyridine rings is 1. The van der Waals surface area contributed by atoms with Gasteiger partial charge in [0.2, 0.25) is 5.91 Å². The van der Waals surface area contributed by atoms with Gasteiger partial charge in [-0.15, -0.1) is 0 Å².